The summed E-state index contributed by atoms with van der Waals surface area (Å²) in [6.07, 6.45) is 3.26. The monoisotopic (exact) mass is 422 g/mol. The zero-order valence-corrected chi connectivity index (χ0v) is 17.4. The van der Waals surface area contributed by atoms with Gasteiger partial charge in [-0.05, 0) is 36.8 Å². The maximum atomic E-state index is 13.4. The predicted molar refractivity (Wildman–Crippen MR) is 112 cm³/mol. The molecule has 7 nitrogen and oxygen atoms in total. The van der Waals surface area contributed by atoms with Gasteiger partial charge in [-0.2, -0.15) is 0 Å². The normalized spacial score (nSPS) is 14.7. The molecular weight excluding hydrogens is 400 g/mol. The van der Waals surface area contributed by atoms with E-state index in [1.807, 2.05) is 19.1 Å². The summed E-state index contributed by atoms with van der Waals surface area (Å²) < 4.78 is 33.3. The molecule has 1 saturated heterocycles. The van der Waals surface area contributed by atoms with Crippen LogP contribution in [0, 0.1) is 6.92 Å². The van der Waals surface area contributed by atoms with Crippen LogP contribution < -0.4 is 15.0 Å². The minimum Gasteiger partial charge on any atom is -0.495 e. The third-order valence-electron chi connectivity index (χ3n) is 4.83. The molecule has 1 fully saturated rings. The second-order valence-electron chi connectivity index (χ2n) is 6.58. The van der Waals surface area contributed by atoms with Gasteiger partial charge in [0, 0.05) is 44.0 Å². The van der Waals surface area contributed by atoms with Crippen LogP contribution in [-0.4, -0.2) is 50.7 Å². The molecule has 1 N–H and O–H groups in total. The number of halogens is 1. The Labute approximate surface area is 170 Å². The van der Waals surface area contributed by atoms with Crippen molar-refractivity contribution in [3.63, 3.8) is 0 Å². The Balaban J connectivity index is 0.00000225. The lowest BCUT2D eigenvalue weighted by Crippen LogP contribution is -2.43. The molecule has 0 aliphatic carbocycles. The molecule has 0 atom stereocenters. The molecule has 0 bridgehead atoms. The molecule has 2 aromatic heterocycles. The van der Waals surface area contributed by atoms with Crippen LogP contribution in [0.2, 0.25) is 0 Å². The van der Waals surface area contributed by atoms with Gasteiger partial charge in [-0.25, -0.2) is 17.4 Å². The maximum Gasteiger partial charge on any atom is 0.271 e. The summed E-state index contributed by atoms with van der Waals surface area (Å²) in [5.41, 5.74) is 1.47. The Morgan fingerprint density at radius 3 is 2.61 bits per heavy atom. The summed E-state index contributed by atoms with van der Waals surface area (Å²) in [5, 5.41) is 4.15. The second-order valence-corrected chi connectivity index (χ2v) is 8.36. The van der Waals surface area contributed by atoms with Gasteiger partial charge in [-0.1, -0.05) is 6.07 Å². The minimum atomic E-state index is -3.80. The van der Waals surface area contributed by atoms with Crippen LogP contribution in [-0.2, 0) is 10.0 Å². The number of fused-ring (bicyclic) bond motifs is 1. The molecule has 0 radical (unpaired) electrons. The molecule has 1 aliphatic rings. The van der Waals surface area contributed by atoms with Crippen LogP contribution in [0.25, 0.3) is 10.9 Å². The Kier molecular flexibility index (Phi) is 5.83. The van der Waals surface area contributed by atoms with E-state index in [0.717, 1.165) is 42.9 Å². The van der Waals surface area contributed by atoms with Crippen molar-refractivity contribution < 1.29 is 13.2 Å². The molecule has 0 amide bonds. The van der Waals surface area contributed by atoms with Gasteiger partial charge >= 0.3 is 0 Å². The summed E-state index contributed by atoms with van der Waals surface area (Å²) in [4.78, 5) is 6.85. The highest BCUT2D eigenvalue weighted by Crippen LogP contribution is 2.32. The van der Waals surface area contributed by atoms with E-state index in [2.05, 4.69) is 15.2 Å². The number of hydrogen-bond donors (Lipinski definition) is 1. The predicted octanol–water partition coefficient (Wildman–Crippen LogP) is 2.42. The number of aromatic nitrogens is 2. The number of nitrogens with zero attached hydrogens (tertiary/aromatic N) is 3. The first-order valence-corrected chi connectivity index (χ1v) is 10.3. The molecular formula is C19H23ClN4O3S. The largest absolute Gasteiger partial charge is 0.495 e. The highest BCUT2D eigenvalue weighted by atomic mass is 35.5. The van der Waals surface area contributed by atoms with E-state index in [1.54, 1.807) is 30.6 Å². The molecule has 9 heteroatoms. The van der Waals surface area contributed by atoms with Crippen LogP contribution in [0.15, 0.2) is 47.6 Å². The molecule has 150 valence electrons. The standard InChI is InChI=1S/C19H22N4O3S.ClH/c1-14-3-4-17(26-2)18(13-14)27(24,25)23-10-6-15-16(23)5-7-21-19(15)22-11-8-20-9-12-22;/h3-7,10,13,20H,8-9,11-12H2,1-2H3;1H. The molecule has 0 unspecified atom stereocenters. The van der Waals surface area contributed by atoms with Gasteiger partial charge in [0.2, 0.25) is 0 Å². The Hall–Kier alpha value is -2.29. The lowest BCUT2D eigenvalue weighted by Gasteiger charge is -2.28. The number of rotatable bonds is 4. The van der Waals surface area contributed by atoms with E-state index in [1.165, 1.54) is 11.1 Å². The number of piperazine rings is 1. The van der Waals surface area contributed by atoms with Crippen molar-refractivity contribution in [1.29, 1.82) is 0 Å². The van der Waals surface area contributed by atoms with Gasteiger partial charge in [0.05, 0.1) is 12.6 Å². The Morgan fingerprint density at radius 2 is 1.89 bits per heavy atom. The fourth-order valence-electron chi connectivity index (χ4n) is 3.46. The topological polar surface area (TPSA) is 76.5 Å². The van der Waals surface area contributed by atoms with Gasteiger partial charge < -0.3 is 15.0 Å². The molecule has 1 aliphatic heterocycles. The Bertz CT molecular complexity index is 1090. The number of benzene rings is 1. The van der Waals surface area contributed by atoms with E-state index in [9.17, 15) is 8.42 Å². The van der Waals surface area contributed by atoms with Crippen LogP contribution in [0.1, 0.15) is 5.56 Å². The number of anilines is 1. The third kappa shape index (κ3) is 3.43. The number of methoxy groups -OCH3 is 1. The van der Waals surface area contributed by atoms with Gasteiger partial charge in [-0.3, -0.25) is 0 Å². The fourth-order valence-corrected chi connectivity index (χ4v) is 5.05. The first-order chi connectivity index (χ1) is 13.0. The van der Waals surface area contributed by atoms with Crippen LogP contribution in [0.4, 0.5) is 5.82 Å². The average Bonchev–Trinajstić information content (AvgIpc) is 3.13. The SMILES string of the molecule is COc1ccc(C)cc1S(=O)(=O)n1ccc2c(N3CCNCC3)nccc21.Cl. The quantitative estimate of drug-likeness (QED) is 0.695. The van der Waals surface area contributed by atoms with E-state index in [-0.39, 0.29) is 17.3 Å². The highest BCUT2D eigenvalue weighted by Gasteiger charge is 2.25. The zero-order valence-electron chi connectivity index (χ0n) is 15.8. The van der Waals surface area contributed by atoms with Crippen molar-refractivity contribution >= 4 is 39.2 Å². The first-order valence-electron chi connectivity index (χ1n) is 8.84. The fraction of sp³-hybridized carbons (Fsp3) is 0.316. The molecule has 3 aromatic rings. The van der Waals surface area contributed by atoms with E-state index in [0.29, 0.717) is 11.3 Å². The number of pyridine rings is 1. The summed E-state index contributed by atoms with van der Waals surface area (Å²) in [5.74, 6) is 1.15. The van der Waals surface area contributed by atoms with Crippen molar-refractivity contribution in [3.8, 4) is 5.75 Å². The number of ether oxygens (including phenoxy) is 1. The summed E-state index contributed by atoms with van der Waals surface area (Å²) in [6, 6.07) is 8.71. The highest BCUT2D eigenvalue weighted by molar-refractivity contribution is 7.90. The van der Waals surface area contributed by atoms with Crippen molar-refractivity contribution in [2.75, 3.05) is 38.2 Å². The lowest BCUT2D eigenvalue weighted by molar-refractivity contribution is 0.402. The van der Waals surface area contributed by atoms with E-state index in [4.69, 9.17) is 4.74 Å². The summed E-state index contributed by atoms with van der Waals surface area (Å²) >= 11 is 0. The third-order valence-corrected chi connectivity index (χ3v) is 6.54. The molecule has 0 spiro atoms. The molecule has 4 rings (SSSR count). The molecule has 3 heterocycles. The van der Waals surface area contributed by atoms with Crippen molar-refractivity contribution in [2.24, 2.45) is 0 Å². The van der Waals surface area contributed by atoms with E-state index >= 15 is 0 Å². The Morgan fingerprint density at radius 1 is 1.14 bits per heavy atom. The molecule has 1 aromatic carbocycles. The summed E-state index contributed by atoms with van der Waals surface area (Å²) in [7, 11) is -2.33. The van der Waals surface area contributed by atoms with Crippen LogP contribution >= 0.6 is 12.4 Å². The van der Waals surface area contributed by atoms with Crippen LogP contribution in [0.3, 0.4) is 0 Å². The second kappa shape index (κ2) is 7.98. The summed E-state index contributed by atoms with van der Waals surface area (Å²) in [6.45, 7) is 5.32. The number of nitrogens with one attached hydrogen (secondary N) is 1. The van der Waals surface area contributed by atoms with Gasteiger partial charge in [0.1, 0.15) is 16.5 Å². The van der Waals surface area contributed by atoms with Crippen molar-refractivity contribution in [2.45, 2.75) is 11.8 Å². The van der Waals surface area contributed by atoms with Crippen molar-refractivity contribution in [3.05, 3.63) is 48.3 Å². The van der Waals surface area contributed by atoms with Gasteiger partial charge in [0.25, 0.3) is 10.0 Å². The smallest absolute Gasteiger partial charge is 0.271 e. The molecule has 0 saturated carbocycles. The van der Waals surface area contributed by atoms with Gasteiger partial charge in [0.15, 0.2) is 0 Å². The number of hydrogen-bond acceptors (Lipinski definition) is 6. The zero-order chi connectivity index (χ0) is 19.0. The maximum absolute atomic E-state index is 13.4. The van der Waals surface area contributed by atoms with Crippen LogP contribution in [0.5, 0.6) is 5.75 Å². The molecule has 28 heavy (non-hydrogen) atoms. The van der Waals surface area contributed by atoms with Gasteiger partial charge in [-0.15, -0.1) is 12.4 Å². The minimum absolute atomic E-state index is 0. The van der Waals surface area contributed by atoms with Crippen molar-refractivity contribution in [1.82, 2.24) is 14.3 Å². The lowest BCUT2D eigenvalue weighted by atomic mass is 10.2. The number of aryl methyl sites for hydroxylation is 1. The average molecular weight is 423 g/mol. The first kappa shape index (κ1) is 20.4. The van der Waals surface area contributed by atoms with E-state index < -0.39 is 10.0 Å².